The molecule has 0 atom stereocenters. The fourth-order valence-electron chi connectivity index (χ4n) is 0.924. The Morgan fingerprint density at radius 2 is 1.86 bits per heavy atom. The molecule has 1 aromatic carbocycles. The summed E-state index contributed by atoms with van der Waals surface area (Å²) in [5.41, 5.74) is 0. The Bertz CT molecular complexity index is 317. The molecule has 0 spiro atoms. The SMILES string of the molecule is CC(=O)CCOc1cc(Cl)cc(Cl)c1. The molecule has 0 bridgehead atoms. The highest BCUT2D eigenvalue weighted by Gasteiger charge is 2.00. The molecule has 0 heterocycles. The van der Waals surface area contributed by atoms with Gasteiger partial charge in [0.1, 0.15) is 11.5 Å². The van der Waals surface area contributed by atoms with E-state index < -0.39 is 0 Å². The van der Waals surface area contributed by atoms with Crippen LogP contribution in [-0.4, -0.2) is 12.4 Å². The molecule has 0 aromatic heterocycles. The first-order valence-electron chi connectivity index (χ1n) is 4.16. The van der Waals surface area contributed by atoms with Gasteiger partial charge in [0, 0.05) is 16.5 Å². The molecular formula is C10H10Cl2O2. The van der Waals surface area contributed by atoms with Crippen molar-refractivity contribution in [2.24, 2.45) is 0 Å². The maximum atomic E-state index is 10.6. The molecule has 4 heteroatoms. The lowest BCUT2D eigenvalue weighted by atomic mass is 10.3. The molecule has 0 amide bonds. The van der Waals surface area contributed by atoms with E-state index in [0.717, 1.165) is 0 Å². The fourth-order valence-corrected chi connectivity index (χ4v) is 1.43. The Morgan fingerprint density at radius 1 is 1.29 bits per heavy atom. The third kappa shape index (κ3) is 3.99. The highest BCUT2D eigenvalue weighted by atomic mass is 35.5. The Hall–Kier alpha value is -0.730. The van der Waals surface area contributed by atoms with E-state index in [4.69, 9.17) is 27.9 Å². The lowest BCUT2D eigenvalue weighted by Crippen LogP contribution is -2.02. The number of Topliss-reactive ketones (excluding diaryl/α,β-unsaturated/α-hetero) is 1. The van der Waals surface area contributed by atoms with E-state index in [1.165, 1.54) is 6.92 Å². The average molecular weight is 233 g/mol. The second kappa shape index (κ2) is 5.23. The van der Waals surface area contributed by atoms with Crippen molar-refractivity contribution in [2.75, 3.05) is 6.61 Å². The summed E-state index contributed by atoms with van der Waals surface area (Å²) < 4.78 is 5.29. The molecule has 0 aliphatic heterocycles. The highest BCUT2D eigenvalue weighted by Crippen LogP contribution is 2.24. The Balaban J connectivity index is 2.54. The number of halogens is 2. The number of carbonyl (C=O) groups excluding carboxylic acids is 1. The zero-order valence-electron chi connectivity index (χ0n) is 7.72. The van der Waals surface area contributed by atoms with Crippen molar-refractivity contribution in [3.63, 3.8) is 0 Å². The molecular weight excluding hydrogens is 223 g/mol. The van der Waals surface area contributed by atoms with Gasteiger partial charge in [-0.05, 0) is 25.1 Å². The van der Waals surface area contributed by atoms with Gasteiger partial charge < -0.3 is 4.74 Å². The smallest absolute Gasteiger partial charge is 0.133 e. The van der Waals surface area contributed by atoms with E-state index >= 15 is 0 Å². The van der Waals surface area contributed by atoms with Crippen LogP contribution in [0, 0.1) is 0 Å². The van der Waals surface area contributed by atoms with Gasteiger partial charge in [-0.1, -0.05) is 23.2 Å². The minimum Gasteiger partial charge on any atom is -0.493 e. The van der Waals surface area contributed by atoms with E-state index in [1.54, 1.807) is 18.2 Å². The zero-order valence-corrected chi connectivity index (χ0v) is 9.23. The van der Waals surface area contributed by atoms with Crippen molar-refractivity contribution >= 4 is 29.0 Å². The van der Waals surface area contributed by atoms with Gasteiger partial charge in [-0.25, -0.2) is 0 Å². The van der Waals surface area contributed by atoms with Gasteiger partial charge in [0.25, 0.3) is 0 Å². The van der Waals surface area contributed by atoms with Crippen LogP contribution in [0.2, 0.25) is 10.0 Å². The normalized spacial score (nSPS) is 9.93. The van der Waals surface area contributed by atoms with Crippen molar-refractivity contribution in [3.8, 4) is 5.75 Å². The maximum absolute atomic E-state index is 10.6. The number of hydrogen-bond donors (Lipinski definition) is 0. The number of ether oxygens (including phenoxy) is 1. The topological polar surface area (TPSA) is 26.3 Å². The van der Waals surface area contributed by atoms with E-state index in [0.29, 0.717) is 28.8 Å². The van der Waals surface area contributed by atoms with Gasteiger partial charge in [0.2, 0.25) is 0 Å². The van der Waals surface area contributed by atoms with Crippen LogP contribution in [-0.2, 0) is 4.79 Å². The van der Waals surface area contributed by atoms with Crippen LogP contribution < -0.4 is 4.74 Å². The molecule has 0 radical (unpaired) electrons. The summed E-state index contributed by atoms with van der Waals surface area (Å²) in [4.78, 5) is 10.6. The lowest BCUT2D eigenvalue weighted by molar-refractivity contribution is -0.117. The third-order valence-corrected chi connectivity index (χ3v) is 2.00. The van der Waals surface area contributed by atoms with E-state index in [2.05, 4.69) is 0 Å². The standard InChI is InChI=1S/C10H10Cl2O2/c1-7(13)2-3-14-10-5-8(11)4-9(12)6-10/h4-6H,2-3H2,1H3. The van der Waals surface area contributed by atoms with E-state index in [-0.39, 0.29) is 5.78 Å². The molecule has 14 heavy (non-hydrogen) atoms. The summed E-state index contributed by atoms with van der Waals surface area (Å²) >= 11 is 11.5. The molecule has 0 fully saturated rings. The predicted octanol–water partition coefficient (Wildman–Crippen LogP) is 3.35. The summed E-state index contributed by atoms with van der Waals surface area (Å²) in [7, 11) is 0. The molecule has 0 N–H and O–H groups in total. The van der Waals surface area contributed by atoms with Gasteiger partial charge in [0.15, 0.2) is 0 Å². The number of rotatable bonds is 4. The zero-order chi connectivity index (χ0) is 10.6. The first-order valence-corrected chi connectivity index (χ1v) is 4.92. The van der Waals surface area contributed by atoms with Gasteiger partial charge in [0.05, 0.1) is 6.61 Å². The third-order valence-electron chi connectivity index (χ3n) is 1.56. The Kier molecular flexibility index (Phi) is 4.23. The van der Waals surface area contributed by atoms with Gasteiger partial charge in [-0.3, -0.25) is 4.79 Å². The van der Waals surface area contributed by atoms with E-state index in [9.17, 15) is 4.79 Å². The van der Waals surface area contributed by atoms with Crippen LogP contribution in [0.4, 0.5) is 0 Å². The molecule has 0 aliphatic carbocycles. The molecule has 0 aliphatic rings. The summed E-state index contributed by atoms with van der Waals surface area (Å²) in [6.07, 6.45) is 0.393. The molecule has 76 valence electrons. The molecule has 0 saturated heterocycles. The van der Waals surface area contributed by atoms with Gasteiger partial charge >= 0.3 is 0 Å². The summed E-state index contributed by atoms with van der Waals surface area (Å²) in [5, 5.41) is 1.05. The monoisotopic (exact) mass is 232 g/mol. The molecule has 1 rings (SSSR count). The summed E-state index contributed by atoms with van der Waals surface area (Å²) in [6.45, 7) is 1.88. The van der Waals surface area contributed by atoms with Crippen LogP contribution in [0.5, 0.6) is 5.75 Å². The Labute approximate surface area is 92.8 Å². The second-order valence-corrected chi connectivity index (χ2v) is 3.78. The molecule has 0 unspecified atom stereocenters. The number of benzene rings is 1. The molecule has 2 nitrogen and oxygen atoms in total. The highest BCUT2D eigenvalue weighted by molar-refractivity contribution is 6.34. The van der Waals surface area contributed by atoms with Crippen molar-refractivity contribution in [3.05, 3.63) is 28.2 Å². The number of carbonyl (C=O) groups is 1. The first kappa shape index (κ1) is 11.3. The van der Waals surface area contributed by atoms with Crippen LogP contribution in [0.3, 0.4) is 0 Å². The van der Waals surface area contributed by atoms with Gasteiger partial charge in [-0.2, -0.15) is 0 Å². The summed E-state index contributed by atoms with van der Waals surface area (Å²) in [6, 6.07) is 4.95. The van der Waals surface area contributed by atoms with E-state index in [1.807, 2.05) is 0 Å². The fraction of sp³-hybridized carbons (Fsp3) is 0.300. The second-order valence-electron chi connectivity index (χ2n) is 2.91. The predicted molar refractivity (Wildman–Crippen MR) is 57.3 cm³/mol. The number of hydrogen-bond acceptors (Lipinski definition) is 2. The van der Waals surface area contributed by atoms with Crippen molar-refractivity contribution < 1.29 is 9.53 Å². The van der Waals surface area contributed by atoms with Crippen molar-refractivity contribution in [1.82, 2.24) is 0 Å². The minimum atomic E-state index is 0.0955. The summed E-state index contributed by atoms with van der Waals surface area (Å²) in [5.74, 6) is 0.682. The first-order chi connectivity index (χ1) is 6.58. The Morgan fingerprint density at radius 3 is 2.36 bits per heavy atom. The molecule has 0 saturated carbocycles. The molecule has 1 aromatic rings. The van der Waals surface area contributed by atoms with Crippen molar-refractivity contribution in [1.29, 1.82) is 0 Å². The lowest BCUT2D eigenvalue weighted by Gasteiger charge is -2.05. The van der Waals surface area contributed by atoms with Crippen LogP contribution in [0.15, 0.2) is 18.2 Å². The average Bonchev–Trinajstić information content (AvgIpc) is 2.01. The van der Waals surface area contributed by atoms with Crippen LogP contribution >= 0.6 is 23.2 Å². The largest absolute Gasteiger partial charge is 0.493 e. The van der Waals surface area contributed by atoms with Crippen molar-refractivity contribution in [2.45, 2.75) is 13.3 Å². The van der Waals surface area contributed by atoms with Crippen LogP contribution in [0.1, 0.15) is 13.3 Å². The maximum Gasteiger partial charge on any atom is 0.133 e. The minimum absolute atomic E-state index is 0.0955. The van der Waals surface area contributed by atoms with Crippen LogP contribution in [0.25, 0.3) is 0 Å². The van der Waals surface area contributed by atoms with Gasteiger partial charge in [-0.15, -0.1) is 0 Å². The quantitative estimate of drug-likeness (QED) is 0.796. The number of ketones is 1.